The summed E-state index contributed by atoms with van der Waals surface area (Å²) in [6.07, 6.45) is 9.40. The summed E-state index contributed by atoms with van der Waals surface area (Å²) in [6.45, 7) is 1.79. The SMILES string of the molecule is O=C(O)c1ccnc(CNCc2nccn2CC=Cc2ccccc2)c1. The number of rotatable bonds is 8. The standard InChI is InChI=1S/C20H20N4O2/c25-20(26)17-8-9-22-18(13-17)14-21-15-19-23-10-12-24(19)11-4-7-16-5-2-1-3-6-16/h1-10,12-13,21H,11,14-15H2,(H,25,26). The molecule has 0 bridgehead atoms. The molecule has 0 amide bonds. The van der Waals surface area contributed by atoms with Crippen molar-refractivity contribution in [2.45, 2.75) is 19.6 Å². The van der Waals surface area contributed by atoms with Crippen molar-refractivity contribution in [3.05, 3.63) is 89.8 Å². The predicted molar refractivity (Wildman–Crippen MR) is 99.4 cm³/mol. The van der Waals surface area contributed by atoms with Crippen LogP contribution in [0.5, 0.6) is 0 Å². The van der Waals surface area contributed by atoms with Gasteiger partial charge in [0.25, 0.3) is 0 Å². The van der Waals surface area contributed by atoms with Gasteiger partial charge >= 0.3 is 5.97 Å². The maximum absolute atomic E-state index is 11.0. The number of allylic oxidation sites excluding steroid dienone is 1. The van der Waals surface area contributed by atoms with Crippen molar-refractivity contribution < 1.29 is 9.90 Å². The zero-order valence-corrected chi connectivity index (χ0v) is 14.2. The smallest absolute Gasteiger partial charge is 0.335 e. The number of hydrogen-bond donors (Lipinski definition) is 2. The van der Waals surface area contributed by atoms with E-state index in [1.54, 1.807) is 12.3 Å². The summed E-state index contributed by atoms with van der Waals surface area (Å²) in [4.78, 5) is 19.5. The van der Waals surface area contributed by atoms with Gasteiger partial charge in [-0.1, -0.05) is 42.5 Å². The molecule has 0 aliphatic carbocycles. The van der Waals surface area contributed by atoms with Crippen molar-refractivity contribution in [1.29, 1.82) is 0 Å². The van der Waals surface area contributed by atoms with Gasteiger partial charge in [-0.3, -0.25) is 4.98 Å². The predicted octanol–water partition coefficient (Wildman–Crippen LogP) is 2.98. The van der Waals surface area contributed by atoms with Gasteiger partial charge in [0.15, 0.2) is 0 Å². The van der Waals surface area contributed by atoms with Crippen molar-refractivity contribution in [2.75, 3.05) is 0 Å². The number of carbonyl (C=O) groups is 1. The minimum Gasteiger partial charge on any atom is -0.478 e. The third-order valence-electron chi connectivity index (χ3n) is 3.87. The summed E-state index contributed by atoms with van der Waals surface area (Å²) in [5, 5.41) is 12.3. The first-order chi connectivity index (χ1) is 12.7. The van der Waals surface area contributed by atoms with Crippen LogP contribution < -0.4 is 5.32 Å². The molecule has 6 heteroatoms. The van der Waals surface area contributed by atoms with E-state index in [-0.39, 0.29) is 5.56 Å². The Bertz CT molecular complexity index is 888. The molecular formula is C20H20N4O2. The lowest BCUT2D eigenvalue weighted by Crippen LogP contribution is -2.17. The lowest BCUT2D eigenvalue weighted by Gasteiger charge is -2.07. The summed E-state index contributed by atoms with van der Waals surface area (Å²) >= 11 is 0. The van der Waals surface area contributed by atoms with Gasteiger partial charge in [-0.15, -0.1) is 0 Å². The second kappa shape index (κ2) is 8.73. The summed E-state index contributed by atoms with van der Waals surface area (Å²) in [5.74, 6) is -0.0357. The van der Waals surface area contributed by atoms with Gasteiger partial charge in [-0.25, -0.2) is 9.78 Å². The molecule has 0 radical (unpaired) electrons. The molecule has 26 heavy (non-hydrogen) atoms. The van der Waals surface area contributed by atoms with Crippen molar-refractivity contribution in [2.24, 2.45) is 0 Å². The number of nitrogens with zero attached hydrogens (tertiary/aromatic N) is 3. The van der Waals surface area contributed by atoms with Gasteiger partial charge in [0.1, 0.15) is 5.82 Å². The zero-order chi connectivity index (χ0) is 18.2. The highest BCUT2D eigenvalue weighted by Crippen LogP contribution is 2.05. The highest BCUT2D eigenvalue weighted by Gasteiger charge is 2.05. The number of carboxylic acid groups (broad SMARTS) is 1. The van der Waals surface area contributed by atoms with Crippen molar-refractivity contribution in [3.63, 3.8) is 0 Å². The molecule has 2 N–H and O–H groups in total. The topological polar surface area (TPSA) is 80.0 Å². The van der Waals surface area contributed by atoms with E-state index in [0.717, 1.165) is 17.9 Å². The molecule has 0 saturated carbocycles. The average molecular weight is 348 g/mol. The lowest BCUT2D eigenvalue weighted by molar-refractivity contribution is 0.0696. The fourth-order valence-electron chi connectivity index (χ4n) is 2.55. The van der Waals surface area contributed by atoms with Crippen LogP contribution in [0.25, 0.3) is 6.08 Å². The van der Waals surface area contributed by atoms with E-state index in [9.17, 15) is 4.79 Å². The number of aromatic nitrogens is 3. The molecule has 0 unspecified atom stereocenters. The Labute approximate surface area is 151 Å². The number of imidazole rings is 1. The van der Waals surface area contributed by atoms with E-state index >= 15 is 0 Å². The van der Waals surface area contributed by atoms with E-state index in [2.05, 4.69) is 44.1 Å². The van der Waals surface area contributed by atoms with Gasteiger partial charge in [0, 0.05) is 31.7 Å². The second-order valence-electron chi connectivity index (χ2n) is 5.75. The van der Waals surface area contributed by atoms with Crippen LogP contribution in [0, 0.1) is 0 Å². The number of nitrogens with one attached hydrogen (secondary N) is 1. The van der Waals surface area contributed by atoms with Gasteiger partial charge in [0.05, 0.1) is 17.8 Å². The fraction of sp³-hybridized carbons (Fsp3) is 0.150. The molecule has 0 atom stereocenters. The van der Waals surface area contributed by atoms with Gasteiger partial charge in [0.2, 0.25) is 0 Å². The lowest BCUT2D eigenvalue weighted by atomic mass is 10.2. The largest absolute Gasteiger partial charge is 0.478 e. The molecule has 0 spiro atoms. The Kier molecular flexibility index (Phi) is 5.90. The average Bonchev–Trinajstić information content (AvgIpc) is 3.10. The third-order valence-corrected chi connectivity index (χ3v) is 3.87. The quantitative estimate of drug-likeness (QED) is 0.654. The molecule has 2 aromatic heterocycles. The van der Waals surface area contributed by atoms with E-state index in [0.29, 0.717) is 18.8 Å². The van der Waals surface area contributed by atoms with E-state index in [1.165, 1.54) is 12.3 Å². The van der Waals surface area contributed by atoms with Crippen LogP contribution in [0.4, 0.5) is 0 Å². The summed E-state index contributed by atoms with van der Waals surface area (Å²) in [6, 6.07) is 13.2. The molecule has 3 rings (SSSR count). The normalized spacial score (nSPS) is 11.1. The molecule has 1 aromatic carbocycles. The summed E-state index contributed by atoms with van der Waals surface area (Å²) < 4.78 is 2.06. The second-order valence-corrected chi connectivity index (χ2v) is 5.75. The molecule has 132 valence electrons. The Morgan fingerprint density at radius 2 is 1.96 bits per heavy atom. The molecule has 0 saturated heterocycles. The van der Waals surface area contributed by atoms with Crippen LogP contribution in [0.15, 0.2) is 67.1 Å². The van der Waals surface area contributed by atoms with Crippen LogP contribution in [0.1, 0.15) is 27.4 Å². The molecular weight excluding hydrogens is 328 g/mol. The van der Waals surface area contributed by atoms with Crippen LogP contribution in [0.3, 0.4) is 0 Å². The van der Waals surface area contributed by atoms with Crippen molar-refractivity contribution in [1.82, 2.24) is 19.9 Å². The minimum atomic E-state index is -0.950. The van der Waals surface area contributed by atoms with Crippen LogP contribution in [-0.2, 0) is 19.6 Å². The number of pyridine rings is 1. The van der Waals surface area contributed by atoms with Gasteiger partial charge in [-0.2, -0.15) is 0 Å². The van der Waals surface area contributed by atoms with Crippen LogP contribution in [0.2, 0.25) is 0 Å². The number of hydrogen-bond acceptors (Lipinski definition) is 4. The highest BCUT2D eigenvalue weighted by molar-refractivity contribution is 5.87. The Balaban J connectivity index is 1.53. The van der Waals surface area contributed by atoms with Gasteiger partial charge in [-0.05, 0) is 17.7 Å². The minimum absolute atomic E-state index is 0.240. The zero-order valence-electron chi connectivity index (χ0n) is 14.2. The first kappa shape index (κ1) is 17.6. The molecule has 2 heterocycles. The Morgan fingerprint density at radius 3 is 2.77 bits per heavy atom. The van der Waals surface area contributed by atoms with Crippen molar-refractivity contribution in [3.8, 4) is 0 Å². The summed E-state index contributed by atoms with van der Waals surface area (Å²) in [7, 11) is 0. The molecule has 0 aliphatic heterocycles. The maximum Gasteiger partial charge on any atom is 0.335 e. The van der Waals surface area contributed by atoms with E-state index in [1.807, 2.05) is 24.4 Å². The van der Waals surface area contributed by atoms with Crippen LogP contribution >= 0.6 is 0 Å². The molecule has 6 nitrogen and oxygen atoms in total. The van der Waals surface area contributed by atoms with Crippen molar-refractivity contribution >= 4 is 12.0 Å². The monoisotopic (exact) mass is 348 g/mol. The molecule has 3 aromatic rings. The molecule has 0 aliphatic rings. The van der Waals surface area contributed by atoms with Crippen LogP contribution in [-0.4, -0.2) is 25.6 Å². The maximum atomic E-state index is 11.0. The summed E-state index contributed by atoms with van der Waals surface area (Å²) in [5.41, 5.74) is 2.09. The number of benzene rings is 1. The Hall–Kier alpha value is -3.25. The van der Waals surface area contributed by atoms with E-state index in [4.69, 9.17) is 5.11 Å². The Morgan fingerprint density at radius 1 is 1.12 bits per heavy atom. The first-order valence-corrected chi connectivity index (χ1v) is 8.33. The first-order valence-electron chi connectivity index (χ1n) is 8.33. The van der Waals surface area contributed by atoms with E-state index < -0.39 is 5.97 Å². The highest BCUT2D eigenvalue weighted by atomic mass is 16.4. The van der Waals surface area contributed by atoms with Gasteiger partial charge < -0.3 is 15.0 Å². The molecule has 0 fully saturated rings. The fourth-order valence-corrected chi connectivity index (χ4v) is 2.55. The third kappa shape index (κ3) is 4.87. The number of aromatic carboxylic acids is 1. The number of carboxylic acids is 1.